The third-order valence-electron chi connectivity index (χ3n) is 7.11. The van der Waals surface area contributed by atoms with E-state index < -0.39 is 0 Å². The fraction of sp³-hybridized carbons (Fsp3) is 0.429. The quantitative estimate of drug-likeness (QED) is 0.340. The van der Waals surface area contributed by atoms with Gasteiger partial charge >= 0.3 is 6.03 Å². The number of aromatic nitrogens is 2. The van der Waals surface area contributed by atoms with E-state index in [1.165, 1.54) is 0 Å². The van der Waals surface area contributed by atoms with E-state index in [2.05, 4.69) is 43.9 Å². The molecule has 3 aromatic heterocycles. The van der Waals surface area contributed by atoms with Crippen molar-refractivity contribution in [1.29, 1.82) is 0 Å². The number of halogens is 1. The number of hydrogen-bond donors (Lipinski definition) is 2. The Balaban J connectivity index is 1.29. The number of piperidine rings is 1. The molecule has 1 aliphatic heterocycles. The zero-order valence-corrected chi connectivity index (χ0v) is 23.7. The van der Waals surface area contributed by atoms with Gasteiger partial charge in [0.1, 0.15) is 5.15 Å². The molecule has 0 aliphatic carbocycles. The van der Waals surface area contributed by atoms with Gasteiger partial charge in [0.25, 0.3) is 5.91 Å². The van der Waals surface area contributed by atoms with Crippen molar-refractivity contribution in [2.24, 2.45) is 0 Å². The van der Waals surface area contributed by atoms with Gasteiger partial charge in [-0.2, -0.15) is 11.3 Å². The fourth-order valence-electron chi connectivity index (χ4n) is 5.01. The highest BCUT2D eigenvalue weighted by Gasteiger charge is 2.30. The molecule has 8 nitrogen and oxygen atoms in total. The SMILES string of the molecule is Cc1cc(Cl)nc(C)c1C(=O)NCC[C@@H](C)N1CCC(N(Cc2ccsc2)C(=O)Nc2cccnc2)CC1. The number of rotatable bonds is 9. The van der Waals surface area contributed by atoms with Crippen molar-refractivity contribution in [3.05, 3.63) is 75.0 Å². The number of nitrogens with zero attached hydrogens (tertiary/aromatic N) is 4. The van der Waals surface area contributed by atoms with Gasteiger partial charge in [-0.05, 0) is 86.2 Å². The molecule has 10 heteroatoms. The van der Waals surface area contributed by atoms with E-state index >= 15 is 0 Å². The van der Waals surface area contributed by atoms with Crippen LogP contribution in [-0.2, 0) is 6.54 Å². The molecule has 1 saturated heterocycles. The van der Waals surface area contributed by atoms with Gasteiger partial charge in [-0.1, -0.05) is 11.6 Å². The fourth-order valence-corrected chi connectivity index (χ4v) is 5.96. The van der Waals surface area contributed by atoms with Crippen molar-refractivity contribution >= 4 is 40.6 Å². The van der Waals surface area contributed by atoms with Crippen LogP contribution in [0, 0.1) is 13.8 Å². The largest absolute Gasteiger partial charge is 0.352 e. The lowest BCUT2D eigenvalue weighted by Crippen LogP contribution is -2.50. The molecular formula is C28H35ClN6O2S. The first-order chi connectivity index (χ1) is 18.3. The predicted molar refractivity (Wildman–Crippen MR) is 153 cm³/mol. The van der Waals surface area contributed by atoms with Gasteiger partial charge in [-0.25, -0.2) is 9.78 Å². The number of carbonyl (C=O) groups excluding carboxylic acids is 2. The maximum atomic E-state index is 13.3. The summed E-state index contributed by atoms with van der Waals surface area (Å²) in [6.07, 6.45) is 6.00. The Morgan fingerprint density at radius 1 is 1.26 bits per heavy atom. The summed E-state index contributed by atoms with van der Waals surface area (Å²) < 4.78 is 0. The molecule has 3 amide bonds. The molecule has 3 aromatic rings. The van der Waals surface area contributed by atoms with Gasteiger partial charge in [-0.15, -0.1) is 0 Å². The second-order valence-corrected chi connectivity index (χ2v) is 11.0. The molecule has 4 rings (SSSR count). The normalized spacial score (nSPS) is 15.2. The van der Waals surface area contributed by atoms with Gasteiger partial charge in [0.2, 0.25) is 0 Å². The summed E-state index contributed by atoms with van der Waals surface area (Å²) in [4.78, 5) is 38.7. The standard InChI is InChI=1S/C28H35ClN6O2S/c1-19-15-25(29)32-21(3)26(19)27(36)31-11-6-20(2)34-12-7-24(8-13-34)35(17-22-9-14-38-18-22)28(37)33-23-5-4-10-30-16-23/h4-5,9-10,14-16,18,20,24H,6-8,11-13,17H2,1-3H3,(H,31,36)(H,33,37)/t20-/m1/s1. The van der Waals surface area contributed by atoms with Crippen molar-refractivity contribution in [3.8, 4) is 0 Å². The van der Waals surface area contributed by atoms with Crippen LogP contribution in [0.2, 0.25) is 5.15 Å². The maximum absolute atomic E-state index is 13.3. The minimum atomic E-state index is -0.112. The molecule has 1 fully saturated rings. The zero-order chi connectivity index (χ0) is 27.1. The number of amides is 3. The van der Waals surface area contributed by atoms with E-state index in [9.17, 15) is 9.59 Å². The molecule has 202 valence electrons. The van der Waals surface area contributed by atoms with E-state index in [-0.39, 0.29) is 18.0 Å². The molecule has 2 N–H and O–H groups in total. The Hall–Kier alpha value is -3.01. The third kappa shape index (κ3) is 7.30. The van der Waals surface area contributed by atoms with Gasteiger partial charge in [0, 0.05) is 44.5 Å². The highest BCUT2D eigenvalue weighted by molar-refractivity contribution is 7.07. The molecule has 38 heavy (non-hydrogen) atoms. The number of thiophene rings is 1. The third-order valence-corrected chi connectivity index (χ3v) is 8.04. The van der Waals surface area contributed by atoms with E-state index in [1.807, 2.05) is 29.3 Å². The van der Waals surface area contributed by atoms with Gasteiger partial charge < -0.3 is 20.4 Å². The van der Waals surface area contributed by atoms with E-state index in [0.717, 1.165) is 43.5 Å². The molecule has 0 aromatic carbocycles. The molecule has 1 aliphatic rings. The van der Waals surface area contributed by atoms with Crippen molar-refractivity contribution in [2.45, 2.75) is 58.7 Å². The topological polar surface area (TPSA) is 90.5 Å². The van der Waals surface area contributed by atoms with Crippen LogP contribution < -0.4 is 10.6 Å². The summed E-state index contributed by atoms with van der Waals surface area (Å²) in [5.74, 6) is -0.112. The van der Waals surface area contributed by atoms with Crippen LogP contribution in [0.1, 0.15) is 53.4 Å². The van der Waals surface area contributed by atoms with Crippen LogP contribution in [-0.4, -0.2) is 63.4 Å². The highest BCUT2D eigenvalue weighted by Crippen LogP contribution is 2.23. The lowest BCUT2D eigenvalue weighted by Gasteiger charge is -2.40. The van der Waals surface area contributed by atoms with E-state index in [4.69, 9.17) is 11.6 Å². The second kappa shape index (κ2) is 13.2. The number of urea groups is 1. The Labute approximate surface area is 233 Å². The lowest BCUT2D eigenvalue weighted by atomic mass is 10.0. The molecular weight excluding hydrogens is 520 g/mol. The number of likely N-dealkylation sites (tertiary alicyclic amines) is 1. The first-order valence-electron chi connectivity index (χ1n) is 13.0. The predicted octanol–water partition coefficient (Wildman–Crippen LogP) is 5.52. The minimum Gasteiger partial charge on any atom is -0.352 e. The van der Waals surface area contributed by atoms with Gasteiger partial charge in [-0.3, -0.25) is 9.78 Å². The molecule has 0 saturated carbocycles. The first kappa shape index (κ1) is 28.0. The number of pyridine rings is 2. The number of carbonyl (C=O) groups is 2. The Morgan fingerprint density at radius 2 is 2.05 bits per heavy atom. The van der Waals surface area contributed by atoms with Crippen molar-refractivity contribution in [1.82, 2.24) is 25.1 Å². The Morgan fingerprint density at radius 3 is 2.71 bits per heavy atom. The second-order valence-electron chi connectivity index (χ2n) is 9.81. The van der Waals surface area contributed by atoms with Crippen LogP contribution in [0.4, 0.5) is 10.5 Å². The smallest absolute Gasteiger partial charge is 0.322 e. The van der Waals surface area contributed by atoms with Crippen LogP contribution in [0.15, 0.2) is 47.4 Å². The number of anilines is 1. The van der Waals surface area contributed by atoms with Crippen molar-refractivity contribution < 1.29 is 9.59 Å². The average molecular weight is 555 g/mol. The summed E-state index contributed by atoms with van der Waals surface area (Å²) in [5, 5.41) is 10.6. The summed E-state index contributed by atoms with van der Waals surface area (Å²) in [5.41, 5.74) is 3.90. The minimum absolute atomic E-state index is 0.0966. The van der Waals surface area contributed by atoms with Gasteiger partial charge in [0.15, 0.2) is 0 Å². The van der Waals surface area contributed by atoms with E-state index in [0.29, 0.717) is 41.2 Å². The molecule has 0 bridgehead atoms. The summed E-state index contributed by atoms with van der Waals surface area (Å²) in [7, 11) is 0. The molecule has 0 radical (unpaired) electrons. The lowest BCUT2D eigenvalue weighted by molar-refractivity contribution is 0.0919. The maximum Gasteiger partial charge on any atom is 0.322 e. The number of nitrogens with one attached hydrogen (secondary N) is 2. The zero-order valence-electron chi connectivity index (χ0n) is 22.1. The molecule has 4 heterocycles. The molecule has 1 atom stereocenters. The van der Waals surface area contributed by atoms with Gasteiger partial charge in [0.05, 0.1) is 23.1 Å². The van der Waals surface area contributed by atoms with E-state index in [1.54, 1.807) is 36.7 Å². The molecule has 0 unspecified atom stereocenters. The Kier molecular flexibility index (Phi) is 9.71. The monoisotopic (exact) mass is 554 g/mol. The van der Waals surface area contributed by atoms with Crippen molar-refractivity contribution in [3.63, 3.8) is 0 Å². The number of hydrogen-bond acceptors (Lipinski definition) is 6. The highest BCUT2D eigenvalue weighted by atomic mass is 35.5. The summed E-state index contributed by atoms with van der Waals surface area (Å²) >= 11 is 7.64. The van der Waals surface area contributed by atoms with Crippen LogP contribution in [0.25, 0.3) is 0 Å². The first-order valence-corrected chi connectivity index (χ1v) is 14.3. The number of aryl methyl sites for hydroxylation is 2. The average Bonchev–Trinajstić information content (AvgIpc) is 3.41. The summed E-state index contributed by atoms with van der Waals surface area (Å²) in [6, 6.07) is 7.83. The Bertz CT molecular complexity index is 1190. The van der Waals surface area contributed by atoms with Crippen LogP contribution >= 0.6 is 22.9 Å². The molecule has 0 spiro atoms. The van der Waals surface area contributed by atoms with Crippen LogP contribution in [0.3, 0.4) is 0 Å². The van der Waals surface area contributed by atoms with Crippen LogP contribution in [0.5, 0.6) is 0 Å². The summed E-state index contributed by atoms with van der Waals surface area (Å²) in [6.45, 7) is 8.85. The van der Waals surface area contributed by atoms with Crippen molar-refractivity contribution in [2.75, 3.05) is 25.0 Å².